The van der Waals surface area contributed by atoms with Crippen molar-refractivity contribution >= 4 is 11.6 Å². The van der Waals surface area contributed by atoms with E-state index in [-0.39, 0.29) is 16.5 Å². The average Bonchev–Trinajstić information content (AvgIpc) is 2.40. The van der Waals surface area contributed by atoms with Gasteiger partial charge in [-0.3, -0.25) is 0 Å². The molecule has 0 heterocycles. The number of hydrogen-bond acceptors (Lipinski definition) is 2. The number of hydrogen-bond donors (Lipinski definition) is 1. The van der Waals surface area contributed by atoms with Crippen molar-refractivity contribution in [2.45, 2.75) is 45.8 Å². The standard InChI is InChI=1S/C15H21ClFNO/c1-4-15(3)13(18-5-2)9-14(15)19-10-6-7-11(16)12(17)8-10/h6-8,13-14,18H,4-5,9H2,1-3H3. The summed E-state index contributed by atoms with van der Waals surface area (Å²) in [6.07, 6.45) is 2.12. The van der Waals surface area contributed by atoms with E-state index in [0.29, 0.717) is 11.8 Å². The van der Waals surface area contributed by atoms with Gasteiger partial charge in [-0.05, 0) is 25.1 Å². The van der Waals surface area contributed by atoms with Crippen molar-refractivity contribution < 1.29 is 9.13 Å². The third-order valence-electron chi connectivity index (χ3n) is 4.36. The molecule has 3 unspecified atom stereocenters. The molecule has 2 nitrogen and oxygen atoms in total. The van der Waals surface area contributed by atoms with Gasteiger partial charge in [0.1, 0.15) is 17.7 Å². The Labute approximate surface area is 119 Å². The average molecular weight is 286 g/mol. The van der Waals surface area contributed by atoms with Crippen LogP contribution in [0.1, 0.15) is 33.6 Å². The Kier molecular flexibility index (Phi) is 4.36. The Morgan fingerprint density at radius 2 is 2.21 bits per heavy atom. The lowest BCUT2D eigenvalue weighted by molar-refractivity contribution is -0.0697. The minimum Gasteiger partial charge on any atom is -0.490 e. The van der Waals surface area contributed by atoms with E-state index in [2.05, 4.69) is 26.1 Å². The first-order valence-corrected chi connectivity index (χ1v) is 7.24. The van der Waals surface area contributed by atoms with Crippen molar-refractivity contribution in [2.24, 2.45) is 5.41 Å². The monoisotopic (exact) mass is 285 g/mol. The summed E-state index contributed by atoms with van der Waals surface area (Å²) in [5.41, 5.74) is 0.103. The molecule has 0 saturated heterocycles. The first-order chi connectivity index (χ1) is 9.01. The number of rotatable bonds is 5. The smallest absolute Gasteiger partial charge is 0.145 e. The molecule has 3 atom stereocenters. The second-order valence-electron chi connectivity index (χ2n) is 5.39. The van der Waals surface area contributed by atoms with Gasteiger partial charge in [0.15, 0.2) is 0 Å². The molecule has 0 spiro atoms. The van der Waals surface area contributed by atoms with E-state index in [0.717, 1.165) is 19.4 Å². The zero-order chi connectivity index (χ0) is 14.0. The van der Waals surface area contributed by atoms with E-state index >= 15 is 0 Å². The van der Waals surface area contributed by atoms with Gasteiger partial charge in [-0.1, -0.05) is 32.4 Å². The number of nitrogens with one attached hydrogen (secondary N) is 1. The highest BCUT2D eigenvalue weighted by Gasteiger charge is 2.51. The van der Waals surface area contributed by atoms with E-state index in [1.54, 1.807) is 6.07 Å². The van der Waals surface area contributed by atoms with Crippen molar-refractivity contribution in [1.29, 1.82) is 0 Å². The van der Waals surface area contributed by atoms with Crippen LogP contribution >= 0.6 is 11.6 Å². The molecular weight excluding hydrogens is 265 g/mol. The summed E-state index contributed by atoms with van der Waals surface area (Å²) in [6.45, 7) is 7.46. The van der Waals surface area contributed by atoms with Gasteiger partial charge in [-0.2, -0.15) is 0 Å². The number of ether oxygens (including phenoxy) is 1. The minimum atomic E-state index is -0.431. The molecule has 0 bridgehead atoms. The molecule has 1 fully saturated rings. The molecule has 4 heteroatoms. The fraction of sp³-hybridized carbons (Fsp3) is 0.600. The molecule has 1 saturated carbocycles. The molecule has 1 aromatic carbocycles. The first-order valence-electron chi connectivity index (χ1n) is 6.86. The van der Waals surface area contributed by atoms with Crippen molar-refractivity contribution in [1.82, 2.24) is 5.32 Å². The molecule has 1 N–H and O–H groups in total. The van der Waals surface area contributed by atoms with Crippen LogP contribution < -0.4 is 10.1 Å². The summed E-state index contributed by atoms with van der Waals surface area (Å²) in [7, 11) is 0. The molecule has 2 rings (SSSR count). The minimum absolute atomic E-state index is 0.103. The van der Waals surface area contributed by atoms with Crippen molar-refractivity contribution in [3.8, 4) is 5.75 Å². The maximum atomic E-state index is 13.4. The van der Waals surface area contributed by atoms with Gasteiger partial charge in [0.05, 0.1) is 5.02 Å². The van der Waals surface area contributed by atoms with E-state index in [1.807, 2.05) is 0 Å². The van der Waals surface area contributed by atoms with Crippen molar-refractivity contribution in [3.05, 3.63) is 29.0 Å². The Hall–Kier alpha value is -0.800. The van der Waals surface area contributed by atoms with Crippen molar-refractivity contribution in [3.63, 3.8) is 0 Å². The van der Waals surface area contributed by atoms with Crippen LogP contribution in [0.25, 0.3) is 0 Å². The number of benzene rings is 1. The normalized spacial score (nSPS) is 29.9. The molecule has 0 amide bonds. The van der Waals surface area contributed by atoms with Crippen LogP contribution in [0.3, 0.4) is 0 Å². The second kappa shape index (κ2) is 5.68. The lowest BCUT2D eigenvalue weighted by Gasteiger charge is -2.53. The van der Waals surface area contributed by atoms with Crippen LogP contribution in [0.4, 0.5) is 4.39 Å². The second-order valence-corrected chi connectivity index (χ2v) is 5.79. The Bertz CT molecular complexity index is 454. The summed E-state index contributed by atoms with van der Waals surface area (Å²) in [4.78, 5) is 0. The van der Waals surface area contributed by atoms with Gasteiger partial charge in [0.2, 0.25) is 0 Å². The molecule has 0 aromatic heterocycles. The van der Waals surface area contributed by atoms with Crippen LogP contribution in [0.15, 0.2) is 18.2 Å². The molecule has 1 aliphatic carbocycles. The molecule has 1 aromatic rings. The van der Waals surface area contributed by atoms with Crippen LogP contribution in [0.5, 0.6) is 5.75 Å². The molecule has 0 aliphatic heterocycles. The van der Waals surface area contributed by atoms with Crippen LogP contribution in [-0.2, 0) is 0 Å². The molecule has 1 aliphatic rings. The van der Waals surface area contributed by atoms with Crippen molar-refractivity contribution in [2.75, 3.05) is 6.54 Å². The lowest BCUT2D eigenvalue weighted by Crippen LogP contribution is -2.63. The molecule has 106 valence electrons. The molecular formula is C15H21ClFNO. The number of halogens is 2. The highest BCUT2D eigenvalue weighted by atomic mass is 35.5. The summed E-state index contributed by atoms with van der Waals surface area (Å²) >= 11 is 5.67. The molecule has 0 radical (unpaired) electrons. The fourth-order valence-electron chi connectivity index (χ4n) is 2.75. The van der Waals surface area contributed by atoms with E-state index in [1.165, 1.54) is 12.1 Å². The predicted molar refractivity (Wildman–Crippen MR) is 76.3 cm³/mol. The van der Waals surface area contributed by atoms with Gasteiger partial charge in [0, 0.05) is 23.9 Å². The van der Waals surface area contributed by atoms with Gasteiger partial charge in [0.25, 0.3) is 0 Å². The lowest BCUT2D eigenvalue weighted by atomic mass is 9.61. The zero-order valence-corrected chi connectivity index (χ0v) is 12.4. The van der Waals surface area contributed by atoms with Gasteiger partial charge in [-0.25, -0.2) is 4.39 Å². The maximum Gasteiger partial charge on any atom is 0.145 e. The van der Waals surface area contributed by atoms with Crippen LogP contribution in [0.2, 0.25) is 5.02 Å². The van der Waals surface area contributed by atoms with Gasteiger partial charge in [-0.15, -0.1) is 0 Å². The van der Waals surface area contributed by atoms with Crippen LogP contribution in [-0.4, -0.2) is 18.7 Å². The van der Waals surface area contributed by atoms with E-state index < -0.39 is 5.82 Å². The van der Waals surface area contributed by atoms with Gasteiger partial charge >= 0.3 is 0 Å². The Balaban J connectivity index is 2.05. The summed E-state index contributed by atoms with van der Waals surface area (Å²) in [5.74, 6) is 0.126. The van der Waals surface area contributed by atoms with Crippen LogP contribution in [0, 0.1) is 11.2 Å². The third-order valence-corrected chi connectivity index (χ3v) is 4.67. The Morgan fingerprint density at radius 3 is 2.79 bits per heavy atom. The third kappa shape index (κ3) is 2.72. The highest BCUT2D eigenvalue weighted by Crippen LogP contribution is 2.46. The topological polar surface area (TPSA) is 21.3 Å². The van der Waals surface area contributed by atoms with E-state index in [9.17, 15) is 4.39 Å². The summed E-state index contributed by atoms with van der Waals surface area (Å²) in [6, 6.07) is 5.10. The highest BCUT2D eigenvalue weighted by molar-refractivity contribution is 6.30. The Morgan fingerprint density at radius 1 is 1.47 bits per heavy atom. The SMILES string of the molecule is CCNC1CC(Oc2ccc(Cl)c(F)c2)C1(C)CC. The fourth-order valence-corrected chi connectivity index (χ4v) is 2.87. The summed E-state index contributed by atoms with van der Waals surface area (Å²) in [5, 5.41) is 3.61. The zero-order valence-electron chi connectivity index (χ0n) is 11.7. The predicted octanol–water partition coefficient (Wildman–Crippen LogP) is 4.02. The molecule has 19 heavy (non-hydrogen) atoms. The van der Waals surface area contributed by atoms with E-state index in [4.69, 9.17) is 16.3 Å². The largest absolute Gasteiger partial charge is 0.490 e. The van der Waals surface area contributed by atoms with Gasteiger partial charge < -0.3 is 10.1 Å². The quantitative estimate of drug-likeness (QED) is 0.882. The first kappa shape index (κ1) is 14.6. The maximum absolute atomic E-state index is 13.4. The summed E-state index contributed by atoms with van der Waals surface area (Å²) < 4.78 is 19.3.